The van der Waals surface area contributed by atoms with Crippen LogP contribution in [0.1, 0.15) is 31.1 Å². The fourth-order valence-electron chi connectivity index (χ4n) is 1.31. The molecular formula is C12H13F3O. The maximum Gasteiger partial charge on any atom is 0.416 e. The van der Waals surface area contributed by atoms with E-state index < -0.39 is 17.8 Å². The molecule has 16 heavy (non-hydrogen) atoms. The number of allylic oxidation sites excluding steroid dienone is 1. The van der Waals surface area contributed by atoms with E-state index in [0.717, 1.165) is 17.7 Å². The molecule has 0 heterocycles. The molecule has 1 rings (SSSR count). The van der Waals surface area contributed by atoms with Crippen molar-refractivity contribution >= 4 is 0 Å². The Hall–Kier alpha value is -1.29. The average molecular weight is 230 g/mol. The number of hydrogen-bond acceptors (Lipinski definition) is 1. The number of aliphatic hydroxyl groups is 1. The lowest BCUT2D eigenvalue weighted by Gasteiger charge is -2.11. The molecule has 4 heteroatoms. The van der Waals surface area contributed by atoms with Crippen molar-refractivity contribution in [1.82, 2.24) is 0 Å². The molecule has 0 aliphatic heterocycles. The highest BCUT2D eigenvalue weighted by Gasteiger charge is 2.30. The van der Waals surface area contributed by atoms with Crippen molar-refractivity contribution in [1.29, 1.82) is 0 Å². The highest BCUT2D eigenvalue weighted by molar-refractivity contribution is 5.29. The molecule has 0 saturated carbocycles. The van der Waals surface area contributed by atoms with Gasteiger partial charge in [0.2, 0.25) is 0 Å². The van der Waals surface area contributed by atoms with Gasteiger partial charge in [0.05, 0.1) is 11.7 Å². The Labute approximate surface area is 92.2 Å². The molecule has 0 radical (unpaired) electrons. The highest BCUT2D eigenvalue weighted by atomic mass is 19.4. The van der Waals surface area contributed by atoms with Gasteiger partial charge in [0, 0.05) is 0 Å². The van der Waals surface area contributed by atoms with Crippen molar-refractivity contribution in [3.63, 3.8) is 0 Å². The summed E-state index contributed by atoms with van der Waals surface area (Å²) in [5.74, 6) is 0. The van der Waals surface area contributed by atoms with E-state index in [-0.39, 0.29) is 5.56 Å². The van der Waals surface area contributed by atoms with Crippen LogP contribution in [0, 0.1) is 0 Å². The molecule has 1 nitrogen and oxygen atoms in total. The first kappa shape index (κ1) is 12.8. The molecule has 0 aliphatic rings. The monoisotopic (exact) mass is 230 g/mol. The van der Waals surface area contributed by atoms with Gasteiger partial charge in [-0.1, -0.05) is 23.8 Å². The second kappa shape index (κ2) is 4.70. The Kier molecular flexibility index (Phi) is 3.75. The van der Waals surface area contributed by atoms with Gasteiger partial charge < -0.3 is 5.11 Å². The molecule has 0 amide bonds. The molecule has 0 aliphatic carbocycles. The third kappa shape index (κ3) is 3.38. The van der Waals surface area contributed by atoms with E-state index in [2.05, 4.69) is 0 Å². The van der Waals surface area contributed by atoms with E-state index >= 15 is 0 Å². The zero-order valence-corrected chi connectivity index (χ0v) is 9.05. The van der Waals surface area contributed by atoms with Gasteiger partial charge in [0.15, 0.2) is 0 Å². The first-order valence-electron chi connectivity index (χ1n) is 4.81. The third-order valence-corrected chi connectivity index (χ3v) is 2.05. The lowest BCUT2D eigenvalue weighted by atomic mass is 10.0. The molecule has 0 fully saturated rings. The summed E-state index contributed by atoms with van der Waals surface area (Å²) < 4.78 is 37.2. The van der Waals surface area contributed by atoms with E-state index in [1.165, 1.54) is 18.2 Å². The van der Waals surface area contributed by atoms with E-state index in [0.29, 0.717) is 0 Å². The van der Waals surface area contributed by atoms with Gasteiger partial charge in [-0.05, 0) is 31.5 Å². The molecule has 1 atom stereocenters. The maximum atomic E-state index is 12.4. The summed E-state index contributed by atoms with van der Waals surface area (Å²) in [4.78, 5) is 0. The number of benzene rings is 1. The van der Waals surface area contributed by atoms with Crippen LogP contribution in [-0.2, 0) is 6.18 Å². The second-order valence-electron chi connectivity index (χ2n) is 3.81. The zero-order valence-electron chi connectivity index (χ0n) is 9.05. The number of hydrogen-bond donors (Lipinski definition) is 1. The van der Waals surface area contributed by atoms with Gasteiger partial charge in [-0.25, -0.2) is 0 Å². The standard InChI is InChI=1S/C12H13F3O/c1-8(2)6-11(16)9-4-3-5-10(7-9)12(13,14)15/h3-7,11,16H,1-2H3. The van der Waals surface area contributed by atoms with Crippen LogP contribution in [0.2, 0.25) is 0 Å². The maximum absolute atomic E-state index is 12.4. The number of aliphatic hydroxyl groups excluding tert-OH is 1. The van der Waals surface area contributed by atoms with Crippen LogP contribution in [0.4, 0.5) is 13.2 Å². The van der Waals surface area contributed by atoms with Crippen molar-refractivity contribution < 1.29 is 18.3 Å². The first-order valence-corrected chi connectivity index (χ1v) is 4.81. The molecule has 0 spiro atoms. The Morgan fingerprint density at radius 3 is 2.44 bits per heavy atom. The van der Waals surface area contributed by atoms with Crippen LogP contribution < -0.4 is 0 Å². The largest absolute Gasteiger partial charge is 0.416 e. The van der Waals surface area contributed by atoms with Crippen LogP contribution in [0.5, 0.6) is 0 Å². The van der Waals surface area contributed by atoms with Gasteiger partial charge >= 0.3 is 6.18 Å². The van der Waals surface area contributed by atoms with Crippen LogP contribution in [0.3, 0.4) is 0 Å². The topological polar surface area (TPSA) is 20.2 Å². The number of halogens is 3. The fraction of sp³-hybridized carbons (Fsp3) is 0.333. The predicted octanol–water partition coefficient (Wildman–Crippen LogP) is 3.71. The molecule has 0 saturated heterocycles. The molecule has 0 aromatic heterocycles. The van der Waals surface area contributed by atoms with Crippen LogP contribution in [0.15, 0.2) is 35.9 Å². The molecule has 1 N–H and O–H groups in total. The smallest absolute Gasteiger partial charge is 0.384 e. The Bertz CT molecular complexity index is 389. The van der Waals surface area contributed by atoms with Gasteiger partial charge in [-0.15, -0.1) is 0 Å². The Morgan fingerprint density at radius 2 is 1.94 bits per heavy atom. The van der Waals surface area contributed by atoms with Crippen molar-refractivity contribution in [3.05, 3.63) is 47.0 Å². The minimum atomic E-state index is -4.37. The predicted molar refractivity (Wildman–Crippen MR) is 55.8 cm³/mol. The van der Waals surface area contributed by atoms with E-state index in [4.69, 9.17) is 0 Å². The molecular weight excluding hydrogens is 217 g/mol. The molecule has 1 aromatic carbocycles. The van der Waals surface area contributed by atoms with Crippen molar-refractivity contribution in [2.45, 2.75) is 26.1 Å². The summed E-state index contributed by atoms with van der Waals surface area (Å²) in [7, 11) is 0. The molecule has 1 aromatic rings. The van der Waals surface area contributed by atoms with Crippen LogP contribution in [0.25, 0.3) is 0 Å². The van der Waals surface area contributed by atoms with Gasteiger partial charge in [-0.2, -0.15) is 13.2 Å². The van der Waals surface area contributed by atoms with Crippen LogP contribution in [-0.4, -0.2) is 5.11 Å². The summed E-state index contributed by atoms with van der Waals surface area (Å²) in [5.41, 5.74) is 0.354. The van der Waals surface area contributed by atoms with Crippen molar-refractivity contribution in [2.75, 3.05) is 0 Å². The normalized spacial score (nSPS) is 13.4. The molecule has 88 valence electrons. The van der Waals surface area contributed by atoms with Crippen LogP contribution >= 0.6 is 0 Å². The van der Waals surface area contributed by atoms with Gasteiger partial charge in [0.1, 0.15) is 0 Å². The van der Waals surface area contributed by atoms with Gasteiger partial charge in [0.25, 0.3) is 0 Å². The highest BCUT2D eigenvalue weighted by Crippen LogP contribution is 2.31. The van der Waals surface area contributed by atoms with E-state index in [1.807, 2.05) is 0 Å². The minimum Gasteiger partial charge on any atom is -0.384 e. The summed E-state index contributed by atoms with van der Waals surface area (Å²) >= 11 is 0. The first-order chi connectivity index (χ1) is 7.30. The lowest BCUT2D eigenvalue weighted by Crippen LogP contribution is -2.06. The van der Waals surface area contributed by atoms with Gasteiger partial charge in [-0.3, -0.25) is 0 Å². The third-order valence-electron chi connectivity index (χ3n) is 2.05. The summed E-state index contributed by atoms with van der Waals surface area (Å²) in [6.45, 7) is 3.55. The SMILES string of the molecule is CC(C)=CC(O)c1cccc(C(F)(F)F)c1. The summed E-state index contributed by atoms with van der Waals surface area (Å²) in [6, 6.07) is 4.71. The summed E-state index contributed by atoms with van der Waals surface area (Å²) in [5, 5.41) is 9.64. The fourth-order valence-corrected chi connectivity index (χ4v) is 1.31. The van der Waals surface area contributed by atoms with E-state index in [1.54, 1.807) is 13.8 Å². The quantitative estimate of drug-likeness (QED) is 0.768. The Balaban J connectivity index is 3.04. The number of alkyl halides is 3. The lowest BCUT2D eigenvalue weighted by molar-refractivity contribution is -0.137. The number of rotatable bonds is 2. The minimum absolute atomic E-state index is 0.246. The molecule has 1 unspecified atom stereocenters. The van der Waals surface area contributed by atoms with Crippen molar-refractivity contribution in [3.8, 4) is 0 Å². The average Bonchev–Trinajstić information content (AvgIpc) is 2.15. The second-order valence-corrected chi connectivity index (χ2v) is 3.81. The zero-order chi connectivity index (χ0) is 12.3. The Morgan fingerprint density at radius 1 is 1.31 bits per heavy atom. The molecule has 0 bridgehead atoms. The van der Waals surface area contributed by atoms with E-state index in [9.17, 15) is 18.3 Å². The summed E-state index contributed by atoms with van der Waals surface area (Å²) in [6.07, 6.45) is -3.86. The van der Waals surface area contributed by atoms with Crippen molar-refractivity contribution in [2.24, 2.45) is 0 Å².